The molecule has 1 amide bonds. The fraction of sp³-hybridized carbons (Fsp3) is 0.280. The minimum absolute atomic E-state index is 0.0777. The first kappa shape index (κ1) is 23.3. The summed E-state index contributed by atoms with van der Waals surface area (Å²) < 4.78 is 2.90. The summed E-state index contributed by atoms with van der Waals surface area (Å²) in [5.74, 6) is -0.432. The summed E-state index contributed by atoms with van der Waals surface area (Å²) in [6.45, 7) is 8.21. The molecule has 3 aromatic rings. The van der Waals surface area contributed by atoms with E-state index in [0.29, 0.717) is 17.9 Å². The van der Waals surface area contributed by atoms with E-state index in [2.05, 4.69) is 21.2 Å². The largest absolute Gasteiger partial charge is 0.342 e. The Hall–Kier alpha value is -2.37. The summed E-state index contributed by atoms with van der Waals surface area (Å²) >= 11 is 9.93. The molecule has 1 heterocycles. The second kappa shape index (κ2) is 9.84. The van der Waals surface area contributed by atoms with E-state index in [1.165, 1.54) is 0 Å². The van der Waals surface area contributed by atoms with Crippen LogP contribution in [0.3, 0.4) is 0 Å². The quantitative estimate of drug-likeness (QED) is 0.430. The number of carbonyl (C=O) groups excluding carboxylic acids is 1. The van der Waals surface area contributed by atoms with Gasteiger partial charge in [0, 0.05) is 28.1 Å². The zero-order chi connectivity index (χ0) is 22.7. The molecule has 162 valence electrons. The van der Waals surface area contributed by atoms with Crippen LogP contribution in [0.15, 0.2) is 51.7 Å². The molecular formula is C25H26BrClN2O2. The number of nitrogens with one attached hydrogen (secondary N) is 1. The van der Waals surface area contributed by atoms with Crippen LogP contribution >= 0.6 is 27.5 Å². The van der Waals surface area contributed by atoms with E-state index in [0.717, 1.165) is 39.7 Å². The van der Waals surface area contributed by atoms with Gasteiger partial charge in [0.15, 0.2) is 0 Å². The third-order valence-electron chi connectivity index (χ3n) is 5.59. The van der Waals surface area contributed by atoms with Crippen molar-refractivity contribution < 1.29 is 4.79 Å². The Kier molecular flexibility index (Phi) is 7.39. The monoisotopic (exact) mass is 500 g/mol. The van der Waals surface area contributed by atoms with Gasteiger partial charge in [0.2, 0.25) is 5.43 Å². The molecule has 0 radical (unpaired) electrons. The zero-order valence-corrected chi connectivity index (χ0v) is 20.5. The second-order valence-electron chi connectivity index (χ2n) is 7.52. The van der Waals surface area contributed by atoms with E-state index in [9.17, 15) is 9.59 Å². The lowest BCUT2D eigenvalue weighted by Gasteiger charge is -2.20. The number of amides is 1. The highest BCUT2D eigenvalue weighted by Gasteiger charge is 2.23. The van der Waals surface area contributed by atoms with Crippen LogP contribution in [0, 0.1) is 13.8 Å². The van der Waals surface area contributed by atoms with Gasteiger partial charge in [-0.05, 0) is 55.5 Å². The maximum Gasteiger partial charge on any atom is 0.261 e. The highest BCUT2D eigenvalue weighted by molar-refractivity contribution is 9.10. The van der Waals surface area contributed by atoms with Gasteiger partial charge in [-0.15, -0.1) is 0 Å². The minimum atomic E-state index is -0.438. The van der Waals surface area contributed by atoms with Crippen LogP contribution in [0.25, 0.3) is 0 Å². The Morgan fingerprint density at radius 3 is 2.16 bits per heavy atom. The van der Waals surface area contributed by atoms with Crippen LogP contribution in [0.4, 0.5) is 5.69 Å². The van der Waals surface area contributed by atoms with Gasteiger partial charge in [-0.1, -0.05) is 71.7 Å². The number of nitrogens with zero attached hydrogens (tertiary/aromatic N) is 1. The fourth-order valence-electron chi connectivity index (χ4n) is 3.83. The standard InChI is InChI=1S/C25H26BrClN2O2/c1-5-18-12-20(26)13-19(6-2)23(18)28-25(31)21-15(3)29(16(4)22(27)24(21)30)14-17-10-8-7-9-11-17/h7-13H,5-6,14H2,1-4H3,(H,28,31). The smallest absolute Gasteiger partial charge is 0.261 e. The van der Waals surface area contributed by atoms with Gasteiger partial charge in [-0.25, -0.2) is 0 Å². The minimum Gasteiger partial charge on any atom is -0.342 e. The van der Waals surface area contributed by atoms with Crippen molar-refractivity contribution in [2.45, 2.75) is 47.1 Å². The first-order chi connectivity index (χ1) is 14.8. The van der Waals surface area contributed by atoms with Gasteiger partial charge in [0.05, 0.1) is 0 Å². The molecule has 1 aromatic heterocycles. The molecule has 0 aliphatic rings. The van der Waals surface area contributed by atoms with Gasteiger partial charge < -0.3 is 9.88 Å². The molecule has 0 spiro atoms. The average molecular weight is 502 g/mol. The molecule has 0 unspecified atom stereocenters. The summed E-state index contributed by atoms with van der Waals surface area (Å²) in [5.41, 5.74) is 4.75. The Morgan fingerprint density at radius 2 is 1.61 bits per heavy atom. The highest BCUT2D eigenvalue weighted by Crippen LogP contribution is 2.28. The molecule has 1 N–H and O–H groups in total. The number of aromatic nitrogens is 1. The van der Waals surface area contributed by atoms with Gasteiger partial charge in [0.1, 0.15) is 10.6 Å². The third kappa shape index (κ3) is 4.78. The average Bonchev–Trinajstić information content (AvgIpc) is 2.76. The number of carbonyl (C=O) groups is 1. The molecule has 4 nitrogen and oxygen atoms in total. The van der Waals surface area contributed by atoms with Crippen molar-refractivity contribution >= 4 is 39.1 Å². The van der Waals surface area contributed by atoms with E-state index in [1.807, 2.05) is 60.9 Å². The molecule has 2 aromatic carbocycles. The van der Waals surface area contributed by atoms with Crippen molar-refractivity contribution in [2.24, 2.45) is 0 Å². The summed E-state index contributed by atoms with van der Waals surface area (Å²) in [6.07, 6.45) is 1.52. The predicted octanol–water partition coefficient (Wildman–Crippen LogP) is 6.31. The molecule has 0 saturated heterocycles. The Labute approximate surface area is 196 Å². The Balaban J connectivity index is 2.09. The second-order valence-corrected chi connectivity index (χ2v) is 8.81. The van der Waals surface area contributed by atoms with E-state index in [-0.39, 0.29) is 10.6 Å². The predicted molar refractivity (Wildman–Crippen MR) is 132 cm³/mol. The third-order valence-corrected chi connectivity index (χ3v) is 6.50. The number of aryl methyl sites for hydroxylation is 2. The Morgan fingerprint density at radius 1 is 1.03 bits per heavy atom. The summed E-state index contributed by atoms with van der Waals surface area (Å²) in [4.78, 5) is 26.3. The van der Waals surface area contributed by atoms with Crippen molar-refractivity contribution in [1.29, 1.82) is 0 Å². The van der Waals surface area contributed by atoms with Crippen molar-refractivity contribution in [3.63, 3.8) is 0 Å². The van der Waals surface area contributed by atoms with E-state index < -0.39 is 11.3 Å². The van der Waals surface area contributed by atoms with E-state index in [1.54, 1.807) is 13.8 Å². The van der Waals surface area contributed by atoms with Crippen LogP contribution in [-0.4, -0.2) is 10.5 Å². The van der Waals surface area contributed by atoms with Crippen LogP contribution < -0.4 is 10.7 Å². The SMILES string of the molecule is CCc1cc(Br)cc(CC)c1NC(=O)c1c(C)n(Cc2ccccc2)c(C)c(Cl)c1=O. The van der Waals surface area contributed by atoms with Crippen LogP contribution in [0.5, 0.6) is 0 Å². The van der Waals surface area contributed by atoms with Crippen LogP contribution in [0.2, 0.25) is 5.02 Å². The molecule has 6 heteroatoms. The summed E-state index contributed by atoms with van der Waals surface area (Å²) in [7, 11) is 0. The van der Waals surface area contributed by atoms with E-state index in [4.69, 9.17) is 11.6 Å². The lowest BCUT2D eigenvalue weighted by atomic mass is 10.0. The lowest BCUT2D eigenvalue weighted by molar-refractivity contribution is 0.102. The molecule has 0 atom stereocenters. The number of benzene rings is 2. The van der Waals surface area contributed by atoms with Gasteiger partial charge in [0.25, 0.3) is 5.91 Å². The molecule has 3 rings (SSSR count). The fourth-order valence-corrected chi connectivity index (χ4v) is 4.58. The van der Waals surface area contributed by atoms with Crippen molar-refractivity contribution in [3.05, 3.63) is 95.8 Å². The summed E-state index contributed by atoms with van der Waals surface area (Å²) in [5, 5.41) is 3.09. The number of anilines is 1. The van der Waals surface area contributed by atoms with Gasteiger partial charge >= 0.3 is 0 Å². The molecule has 0 aliphatic carbocycles. The van der Waals surface area contributed by atoms with Crippen molar-refractivity contribution in [1.82, 2.24) is 4.57 Å². The lowest BCUT2D eigenvalue weighted by Crippen LogP contribution is -2.29. The molecule has 0 fully saturated rings. The summed E-state index contributed by atoms with van der Waals surface area (Å²) in [6, 6.07) is 13.9. The van der Waals surface area contributed by atoms with Gasteiger partial charge in [-0.2, -0.15) is 0 Å². The number of pyridine rings is 1. The van der Waals surface area contributed by atoms with Gasteiger partial charge in [-0.3, -0.25) is 9.59 Å². The number of hydrogen-bond donors (Lipinski definition) is 1. The maximum atomic E-state index is 13.4. The topological polar surface area (TPSA) is 51.1 Å². The van der Waals surface area contributed by atoms with Crippen LogP contribution in [0.1, 0.15) is 52.3 Å². The molecular weight excluding hydrogens is 476 g/mol. The Bertz CT molecular complexity index is 1160. The maximum absolute atomic E-state index is 13.4. The number of hydrogen-bond acceptors (Lipinski definition) is 2. The van der Waals surface area contributed by atoms with Crippen molar-refractivity contribution in [2.75, 3.05) is 5.32 Å². The van der Waals surface area contributed by atoms with E-state index >= 15 is 0 Å². The normalized spacial score (nSPS) is 10.9. The van der Waals surface area contributed by atoms with Crippen LogP contribution in [-0.2, 0) is 19.4 Å². The number of rotatable bonds is 6. The molecule has 31 heavy (non-hydrogen) atoms. The first-order valence-electron chi connectivity index (χ1n) is 10.3. The molecule has 0 aliphatic heterocycles. The number of halogens is 2. The molecule has 0 bridgehead atoms. The van der Waals surface area contributed by atoms with Crippen molar-refractivity contribution in [3.8, 4) is 0 Å². The first-order valence-corrected chi connectivity index (χ1v) is 11.5. The molecule has 0 saturated carbocycles. The highest BCUT2D eigenvalue weighted by atomic mass is 79.9. The zero-order valence-electron chi connectivity index (χ0n) is 18.2.